The highest BCUT2D eigenvalue weighted by atomic mass is 35.5. The van der Waals surface area contributed by atoms with Crippen molar-refractivity contribution in [2.75, 3.05) is 18.0 Å². The number of likely N-dealkylation sites (N-methyl/N-ethyl adjacent to an activating group) is 1. The predicted molar refractivity (Wildman–Crippen MR) is 68.0 cm³/mol. The van der Waals surface area contributed by atoms with Gasteiger partial charge in [0, 0.05) is 19.1 Å². The number of anilines is 1. The Balaban J connectivity index is 3.07. The molecule has 1 aromatic carbocycles. The Morgan fingerprint density at radius 3 is 2.60 bits per heavy atom. The minimum absolute atomic E-state index is 0.256. The van der Waals surface area contributed by atoms with Crippen LogP contribution in [-0.4, -0.2) is 19.1 Å². The van der Waals surface area contributed by atoms with Crippen molar-refractivity contribution < 1.29 is 0 Å². The fourth-order valence-electron chi connectivity index (χ4n) is 1.56. The van der Waals surface area contributed by atoms with E-state index in [1.165, 1.54) is 0 Å². The Morgan fingerprint density at radius 2 is 2.07 bits per heavy atom. The molecule has 0 bridgehead atoms. The summed E-state index contributed by atoms with van der Waals surface area (Å²) in [4.78, 5) is 2.15. The maximum absolute atomic E-state index is 6.15. The predicted octanol–water partition coefficient (Wildman–Crippen LogP) is 3.17. The normalized spacial score (nSPS) is 12.6. The lowest BCUT2D eigenvalue weighted by molar-refractivity contribution is 0.657. The first kappa shape index (κ1) is 12.6. The number of halogens is 2. The number of hydrogen-bond acceptors (Lipinski definition) is 2. The fraction of sp³-hybridized carbons (Fsp3) is 0.455. The van der Waals surface area contributed by atoms with Gasteiger partial charge in [-0.2, -0.15) is 0 Å². The third-order valence-electron chi connectivity index (χ3n) is 2.45. The molecule has 1 rings (SSSR count). The zero-order chi connectivity index (χ0) is 11.4. The minimum atomic E-state index is 0.256. The quantitative estimate of drug-likeness (QED) is 0.885. The molecular weight excluding hydrogens is 231 g/mol. The second-order valence-corrected chi connectivity index (χ2v) is 4.23. The summed E-state index contributed by atoms with van der Waals surface area (Å²) in [6.45, 7) is 5.60. The van der Waals surface area contributed by atoms with Crippen molar-refractivity contribution in [3.8, 4) is 0 Å². The maximum Gasteiger partial charge on any atom is 0.0825 e. The van der Waals surface area contributed by atoms with Gasteiger partial charge in [0.15, 0.2) is 0 Å². The third-order valence-corrected chi connectivity index (χ3v) is 3.26. The van der Waals surface area contributed by atoms with Crippen LogP contribution in [0.2, 0.25) is 10.0 Å². The molecular formula is C11H16Cl2N2. The van der Waals surface area contributed by atoms with Crippen molar-refractivity contribution in [3.05, 3.63) is 28.2 Å². The number of rotatable bonds is 4. The molecule has 0 saturated heterocycles. The van der Waals surface area contributed by atoms with Crippen LogP contribution in [-0.2, 0) is 0 Å². The van der Waals surface area contributed by atoms with E-state index < -0.39 is 0 Å². The van der Waals surface area contributed by atoms with E-state index in [0.29, 0.717) is 16.6 Å². The highest BCUT2D eigenvalue weighted by molar-refractivity contribution is 6.43. The van der Waals surface area contributed by atoms with E-state index in [2.05, 4.69) is 18.7 Å². The van der Waals surface area contributed by atoms with Crippen molar-refractivity contribution in [1.82, 2.24) is 0 Å². The average Bonchev–Trinajstić information content (AvgIpc) is 2.24. The van der Waals surface area contributed by atoms with Gasteiger partial charge >= 0.3 is 0 Å². The summed E-state index contributed by atoms with van der Waals surface area (Å²) in [5.74, 6) is 0. The summed E-state index contributed by atoms with van der Waals surface area (Å²) in [6, 6.07) is 5.90. The Morgan fingerprint density at radius 1 is 1.40 bits per heavy atom. The number of nitrogens with two attached hydrogens (primary N) is 1. The average molecular weight is 247 g/mol. The smallest absolute Gasteiger partial charge is 0.0825 e. The number of nitrogens with zero attached hydrogens (tertiary/aromatic N) is 1. The van der Waals surface area contributed by atoms with Crippen LogP contribution in [0.1, 0.15) is 13.8 Å². The van der Waals surface area contributed by atoms with Crippen LogP contribution in [0.25, 0.3) is 0 Å². The molecule has 0 aliphatic carbocycles. The molecule has 1 unspecified atom stereocenters. The summed E-state index contributed by atoms with van der Waals surface area (Å²) in [6.07, 6.45) is 0. The molecule has 0 aromatic heterocycles. The van der Waals surface area contributed by atoms with Gasteiger partial charge in [0.2, 0.25) is 0 Å². The fourth-order valence-corrected chi connectivity index (χ4v) is 1.97. The van der Waals surface area contributed by atoms with Gasteiger partial charge in [-0.15, -0.1) is 0 Å². The molecule has 0 amide bonds. The van der Waals surface area contributed by atoms with E-state index >= 15 is 0 Å². The molecule has 2 N–H and O–H groups in total. The summed E-state index contributed by atoms with van der Waals surface area (Å²) < 4.78 is 0. The molecule has 15 heavy (non-hydrogen) atoms. The highest BCUT2D eigenvalue weighted by Crippen LogP contribution is 2.33. The van der Waals surface area contributed by atoms with Crippen LogP contribution in [0.4, 0.5) is 5.69 Å². The summed E-state index contributed by atoms with van der Waals surface area (Å²) >= 11 is 12.1. The second-order valence-electron chi connectivity index (χ2n) is 3.44. The zero-order valence-corrected chi connectivity index (χ0v) is 10.5. The molecule has 0 aliphatic rings. The minimum Gasteiger partial charge on any atom is -0.367 e. The summed E-state index contributed by atoms with van der Waals surface area (Å²) in [7, 11) is 0. The molecule has 0 heterocycles. The Labute approximate surface area is 101 Å². The topological polar surface area (TPSA) is 29.3 Å². The van der Waals surface area contributed by atoms with Crippen LogP contribution in [0.15, 0.2) is 18.2 Å². The molecule has 0 radical (unpaired) electrons. The van der Waals surface area contributed by atoms with Gasteiger partial charge in [-0.3, -0.25) is 0 Å². The molecule has 2 nitrogen and oxygen atoms in total. The van der Waals surface area contributed by atoms with Gasteiger partial charge in [-0.1, -0.05) is 29.3 Å². The van der Waals surface area contributed by atoms with Crippen LogP contribution in [0, 0.1) is 0 Å². The lowest BCUT2D eigenvalue weighted by atomic mass is 10.2. The standard InChI is InChI=1S/C11H16Cl2N2/c1-3-15(8(2)7-14)10-6-4-5-9(12)11(10)13/h4-6,8H,3,7,14H2,1-2H3. The SMILES string of the molecule is CCN(c1cccc(Cl)c1Cl)C(C)CN. The van der Waals surface area contributed by atoms with Crippen molar-refractivity contribution in [1.29, 1.82) is 0 Å². The van der Waals surface area contributed by atoms with Crippen molar-refractivity contribution in [3.63, 3.8) is 0 Å². The largest absolute Gasteiger partial charge is 0.367 e. The van der Waals surface area contributed by atoms with Crippen LogP contribution in [0.5, 0.6) is 0 Å². The second kappa shape index (κ2) is 5.59. The molecule has 1 atom stereocenters. The highest BCUT2D eigenvalue weighted by Gasteiger charge is 2.15. The summed E-state index contributed by atoms with van der Waals surface area (Å²) in [5.41, 5.74) is 6.60. The Bertz CT molecular complexity index is 328. The van der Waals surface area contributed by atoms with E-state index in [1.54, 1.807) is 6.07 Å². The zero-order valence-electron chi connectivity index (χ0n) is 9.00. The van der Waals surface area contributed by atoms with Gasteiger partial charge in [-0.25, -0.2) is 0 Å². The first-order chi connectivity index (χ1) is 7.11. The van der Waals surface area contributed by atoms with E-state index in [4.69, 9.17) is 28.9 Å². The van der Waals surface area contributed by atoms with Gasteiger partial charge in [0.25, 0.3) is 0 Å². The molecule has 1 aromatic rings. The first-order valence-corrected chi connectivity index (χ1v) is 5.78. The lowest BCUT2D eigenvalue weighted by Crippen LogP contribution is -2.38. The van der Waals surface area contributed by atoms with Gasteiger partial charge < -0.3 is 10.6 Å². The molecule has 0 aliphatic heterocycles. The van der Waals surface area contributed by atoms with Crippen molar-refractivity contribution >= 4 is 28.9 Å². The number of benzene rings is 1. The first-order valence-electron chi connectivity index (χ1n) is 5.02. The van der Waals surface area contributed by atoms with E-state index in [1.807, 2.05) is 12.1 Å². The van der Waals surface area contributed by atoms with Gasteiger partial charge in [0.05, 0.1) is 15.7 Å². The summed E-state index contributed by atoms with van der Waals surface area (Å²) in [5, 5.41) is 1.18. The van der Waals surface area contributed by atoms with E-state index in [-0.39, 0.29) is 6.04 Å². The van der Waals surface area contributed by atoms with Crippen LogP contribution in [0.3, 0.4) is 0 Å². The maximum atomic E-state index is 6.15. The lowest BCUT2D eigenvalue weighted by Gasteiger charge is -2.30. The molecule has 0 spiro atoms. The van der Waals surface area contributed by atoms with Gasteiger partial charge in [-0.05, 0) is 26.0 Å². The Hall–Kier alpha value is -0.440. The van der Waals surface area contributed by atoms with E-state index in [9.17, 15) is 0 Å². The van der Waals surface area contributed by atoms with Crippen LogP contribution < -0.4 is 10.6 Å². The monoisotopic (exact) mass is 246 g/mol. The van der Waals surface area contributed by atoms with Gasteiger partial charge in [0.1, 0.15) is 0 Å². The third kappa shape index (κ3) is 2.77. The Kier molecular flexibility index (Phi) is 4.71. The molecule has 0 fully saturated rings. The van der Waals surface area contributed by atoms with E-state index in [0.717, 1.165) is 12.2 Å². The van der Waals surface area contributed by atoms with Crippen molar-refractivity contribution in [2.45, 2.75) is 19.9 Å². The molecule has 0 saturated carbocycles. The van der Waals surface area contributed by atoms with Crippen molar-refractivity contribution in [2.24, 2.45) is 5.73 Å². The molecule has 84 valence electrons. The van der Waals surface area contributed by atoms with Crippen LogP contribution >= 0.6 is 23.2 Å². The molecule has 4 heteroatoms. The number of hydrogen-bond donors (Lipinski definition) is 1.